The number of nitrogens with one attached hydrogen (secondary N) is 2. The maximum atomic E-state index is 10.7. The van der Waals surface area contributed by atoms with Crippen molar-refractivity contribution in [2.75, 3.05) is 5.75 Å². The van der Waals surface area contributed by atoms with E-state index in [2.05, 4.69) is 23.3 Å². The van der Waals surface area contributed by atoms with Crippen molar-refractivity contribution in [2.24, 2.45) is 0 Å². The van der Waals surface area contributed by atoms with E-state index in [0.717, 1.165) is 5.56 Å². The second-order valence-corrected chi connectivity index (χ2v) is 4.16. The Kier molecular flexibility index (Phi) is 5.79. The zero-order chi connectivity index (χ0) is 12.7. The molecule has 0 radical (unpaired) electrons. The Hall–Kier alpha value is -1.27. The van der Waals surface area contributed by atoms with Gasteiger partial charge in [-0.25, -0.2) is 4.79 Å². The van der Waals surface area contributed by atoms with Crippen molar-refractivity contribution in [1.82, 2.24) is 10.6 Å². The van der Waals surface area contributed by atoms with E-state index in [1.807, 2.05) is 30.3 Å². The molecule has 0 aliphatic rings. The van der Waals surface area contributed by atoms with Gasteiger partial charge in [0.25, 0.3) is 0 Å². The first kappa shape index (κ1) is 13.8. The van der Waals surface area contributed by atoms with Crippen LogP contribution in [-0.4, -0.2) is 28.0 Å². The standard InChI is InChI=1S/C11H14N2O2S2/c14-10(15)9(7-16)13-11(17)12-6-8-4-2-1-3-5-8/h1-5,9,16H,6-7H2,(H,14,15)(H2,12,13,17)/t9-/m0/s1. The van der Waals surface area contributed by atoms with E-state index in [-0.39, 0.29) is 5.75 Å². The van der Waals surface area contributed by atoms with Crippen LogP contribution >= 0.6 is 24.8 Å². The Morgan fingerprint density at radius 2 is 2.06 bits per heavy atom. The number of carboxylic acid groups (broad SMARTS) is 1. The van der Waals surface area contributed by atoms with Gasteiger partial charge in [-0.15, -0.1) is 0 Å². The Morgan fingerprint density at radius 3 is 2.59 bits per heavy atom. The van der Waals surface area contributed by atoms with Crippen LogP contribution in [0.25, 0.3) is 0 Å². The molecule has 0 fully saturated rings. The van der Waals surface area contributed by atoms with Crippen molar-refractivity contribution in [2.45, 2.75) is 12.6 Å². The second kappa shape index (κ2) is 7.13. The third kappa shape index (κ3) is 5.06. The van der Waals surface area contributed by atoms with E-state index in [1.165, 1.54) is 0 Å². The van der Waals surface area contributed by atoms with E-state index in [4.69, 9.17) is 17.3 Å². The number of rotatable bonds is 5. The van der Waals surface area contributed by atoms with Gasteiger partial charge in [0.15, 0.2) is 5.11 Å². The van der Waals surface area contributed by atoms with Crippen LogP contribution in [0.4, 0.5) is 0 Å². The summed E-state index contributed by atoms with van der Waals surface area (Å²) in [4.78, 5) is 10.7. The van der Waals surface area contributed by atoms with Crippen molar-refractivity contribution in [3.8, 4) is 0 Å². The van der Waals surface area contributed by atoms with Crippen molar-refractivity contribution >= 4 is 35.9 Å². The number of carbonyl (C=O) groups is 1. The summed E-state index contributed by atoms with van der Waals surface area (Å²) in [5, 5.41) is 14.7. The lowest BCUT2D eigenvalue weighted by atomic mass is 10.2. The monoisotopic (exact) mass is 270 g/mol. The van der Waals surface area contributed by atoms with Gasteiger partial charge in [0.2, 0.25) is 0 Å². The van der Waals surface area contributed by atoms with Gasteiger partial charge in [0.05, 0.1) is 0 Å². The van der Waals surface area contributed by atoms with Crippen molar-refractivity contribution in [3.63, 3.8) is 0 Å². The molecule has 0 aliphatic heterocycles. The van der Waals surface area contributed by atoms with E-state index in [1.54, 1.807) is 0 Å². The van der Waals surface area contributed by atoms with Crippen LogP contribution in [0.1, 0.15) is 5.56 Å². The number of carboxylic acids is 1. The third-order valence-electron chi connectivity index (χ3n) is 2.08. The molecule has 6 heteroatoms. The fourth-order valence-corrected chi connectivity index (χ4v) is 1.63. The number of thiol groups is 1. The topological polar surface area (TPSA) is 61.4 Å². The molecule has 0 unspecified atom stereocenters. The minimum atomic E-state index is -0.969. The predicted octanol–water partition coefficient (Wildman–Crippen LogP) is 1.03. The first-order valence-corrected chi connectivity index (χ1v) is 6.09. The van der Waals surface area contributed by atoms with Crippen molar-refractivity contribution in [3.05, 3.63) is 35.9 Å². The molecule has 0 amide bonds. The van der Waals surface area contributed by atoms with Gasteiger partial charge >= 0.3 is 5.97 Å². The highest BCUT2D eigenvalue weighted by Crippen LogP contribution is 1.97. The zero-order valence-electron chi connectivity index (χ0n) is 9.09. The summed E-state index contributed by atoms with van der Waals surface area (Å²) in [5.74, 6) is -0.786. The third-order valence-corrected chi connectivity index (χ3v) is 2.71. The highest BCUT2D eigenvalue weighted by atomic mass is 32.1. The van der Waals surface area contributed by atoms with Gasteiger partial charge in [-0.3, -0.25) is 0 Å². The molecule has 1 aromatic carbocycles. The largest absolute Gasteiger partial charge is 0.480 e. The fourth-order valence-electron chi connectivity index (χ4n) is 1.17. The van der Waals surface area contributed by atoms with E-state index < -0.39 is 12.0 Å². The summed E-state index contributed by atoms with van der Waals surface area (Å²) in [6, 6.07) is 8.95. The molecular formula is C11H14N2O2S2. The molecule has 0 spiro atoms. The number of hydrogen-bond donors (Lipinski definition) is 4. The van der Waals surface area contributed by atoms with Crippen molar-refractivity contribution in [1.29, 1.82) is 0 Å². The van der Waals surface area contributed by atoms with Gasteiger partial charge in [-0.1, -0.05) is 30.3 Å². The van der Waals surface area contributed by atoms with Gasteiger partial charge < -0.3 is 15.7 Å². The highest BCUT2D eigenvalue weighted by molar-refractivity contribution is 7.80. The minimum absolute atomic E-state index is 0.183. The SMILES string of the molecule is O=C(O)[C@H](CS)NC(=S)NCc1ccccc1. The van der Waals surface area contributed by atoms with E-state index in [0.29, 0.717) is 11.7 Å². The van der Waals surface area contributed by atoms with E-state index in [9.17, 15) is 4.79 Å². The van der Waals surface area contributed by atoms with Gasteiger partial charge in [0.1, 0.15) is 6.04 Å². The molecule has 0 aliphatic carbocycles. The molecule has 0 bridgehead atoms. The molecular weight excluding hydrogens is 256 g/mol. The van der Waals surface area contributed by atoms with Crippen LogP contribution in [0.3, 0.4) is 0 Å². The number of benzene rings is 1. The van der Waals surface area contributed by atoms with Gasteiger partial charge in [-0.2, -0.15) is 12.6 Å². The number of hydrogen-bond acceptors (Lipinski definition) is 3. The van der Waals surface area contributed by atoms with Crippen LogP contribution < -0.4 is 10.6 Å². The summed E-state index contributed by atoms with van der Waals surface area (Å²) >= 11 is 8.93. The lowest BCUT2D eigenvalue weighted by Gasteiger charge is -2.15. The normalized spacial score (nSPS) is 11.6. The summed E-state index contributed by atoms with van der Waals surface area (Å²) in [5.41, 5.74) is 1.08. The lowest BCUT2D eigenvalue weighted by molar-refractivity contribution is -0.138. The average Bonchev–Trinajstić information content (AvgIpc) is 2.34. The summed E-state index contributed by atoms with van der Waals surface area (Å²) in [6.07, 6.45) is 0. The Morgan fingerprint density at radius 1 is 1.41 bits per heavy atom. The molecule has 4 nitrogen and oxygen atoms in total. The highest BCUT2D eigenvalue weighted by Gasteiger charge is 2.15. The Balaban J connectivity index is 2.37. The van der Waals surface area contributed by atoms with Crippen LogP contribution in [0, 0.1) is 0 Å². The smallest absolute Gasteiger partial charge is 0.327 e. The first-order chi connectivity index (χ1) is 8.13. The maximum Gasteiger partial charge on any atom is 0.327 e. The molecule has 0 heterocycles. The van der Waals surface area contributed by atoms with Gasteiger partial charge in [0, 0.05) is 12.3 Å². The minimum Gasteiger partial charge on any atom is -0.480 e. The second-order valence-electron chi connectivity index (χ2n) is 3.39. The van der Waals surface area contributed by atoms with E-state index >= 15 is 0 Å². The number of aliphatic carboxylic acids is 1. The quantitative estimate of drug-likeness (QED) is 0.476. The van der Waals surface area contributed by atoms with Crippen LogP contribution in [0.15, 0.2) is 30.3 Å². The molecule has 3 N–H and O–H groups in total. The molecule has 1 atom stereocenters. The van der Waals surface area contributed by atoms with Gasteiger partial charge in [-0.05, 0) is 17.8 Å². The summed E-state index contributed by atoms with van der Waals surface area (Å²) in [6.45, 7) is 0.561. The predicted molar refractivity (Wildman–Crippen MR) is 74.3 cm³/mol. The Bertz CT molecular complexity index is 384. The van der Waals surface area contributed by atoms with Crippen LogP contribution in [0.2, 0.25) is 0 Å². The molecule has 92 valence electrons. The fraction of sp³-hybridized carbons (Fsp3) is 0.273. The average molecular weight is 270 g/mol. The maximum absolute atomic E-state index is 10.7. The molecule has 17 heavy (non-hydrogen) atoms. The molecule has 1 aromatic rings. The molecule has 0 saturated carbocycles. The lowest BCUT2D eigenvalue weighted by Crippen LogP contribution is -2.46. The zero-order valence-corrected chi connectivity index (χ0v) is 10.8. The first-order valence-electron chi connectivity index (χ1n) is 5.05. The number of thiocarbonyl (C=S) groups is 1. The molecule has 0 aromatic heterocycles. The van der Waals surface area contributed by atoms with Crippen LogP contribution in [-0.2, 0) is 11.3 Å². The molecule has 0 saturated heterocycles. The summed E-state index contributed by atoms with van der Waals surface area (Å²) < 4.78 is 0. The Labute approximate surface area is 111 Å². The summed E-state index contributed by atoms with van der Waals surface area (Å²) in [7, 11) is 0. The van der Waals surface area contributed by atoms with Crippen LogP contribution in [0.5, 0.6) is 0 Å². The molecule has 1 rings (SSSR count). The van der Waals surface area contributed by atoms with Crippen molar-refractivity contribution < 1.29 is 9.90 Å².